The van der Waals surface area contributed by atoms with Crippen molar-refractivity contribution in [1.29, 1.82) is 0 Å². The van der Waals surface area contributed by atoms with E-state index in [1.165, 1.54) is 4.90 Å². The molecule has 2 fully saturated rings. The molecule has 9 heteroatoms. The molecule has 30 heavy (non-hydrogen) atoms. The lowest BCUT2D eigenvalue weighted by Gasteiger charge is -2.26. The van der Waals surface area contributed by atoms with E-state index in [1.54, 1.807) is 7.11 Å². The highest BCUT2D eigenvalue weighted by Crippen LogP contribution is 2.49. The summed E-state index contributed by atoms with van der Waals surface area (Å²) in [5.41, 5.74) is 6.48. The lowest BCUT2D eigenvalue weighted by Crippen LogP contribution is -2.99. The number of methoxy groups -OCH3 is 1. The molecule has 4 rings (SSSR count). The molecule has 1 aromatic carbocycles. The average Bonchev–Trinajstić information content (AvgIpc) is 3.27. The summed E-state index contributed by atoms with van der Waals surface area (Å²) in [6.45, 7) is 2.60. The van der Waals surface area contributed by atoms with Crippen LogP contribution < -0.4 is 16.4 Å². The molecule has 3 aliphatic heterocycles. The van der Waals surface area contributed by atoms with Crippen molar-refractivity contribution >= 4 is 29.3 Å². The minimum atomic E-state index is -1.21. The number of rotatable bonds is 7. The molecule has 1 spiro atoms. The van der Waals surface area contributed by atoms with Crippen LogP contribution >= 0.6 is 0 Å². The minimum absolute atomic E-state index is 0.0912. The topological polar surface area (TPSA) is 135 Å². The normalized spacial score (nSPS) is 29.5. The third kappa shape index (κ3) is 2.92. The van der Waals surface area contributed by atoms with Crippen LogP contribution in [0.1, 0.15) is 30.4 Å². The highest BCUT2D eigenvalue weighted by Gasteiger charge is 2.73. The van der Waals surface area contributed by atoms with Crippen molar-refractivity contribution in [2.75, 3.05) is 25.6 Å². The first-order valence-electron chi connectivity index (χ1n) is 10.2. The first-order valence-corrected chi connectivity index (χ1v) is 10.2. The molecular weight excluding hydrogens is 388 g/mol. The zero-order chi connectivity index (χ0) is 21.6. The quantitative estimate of drug-likeness (QED) is 0.387. The molecule has 0 unspecified atom stereocenters. The highest BCUT2D eigenvalue weighted by molar-refractivity contribution is 6.13. The average molecular weight is 415 g/mol. The second kappa shape index (κ2) is 7.48. The number of nitrogens with two attached hydrogens (primary N) is 2. The second-order valence-corrected chi connectivity index (χ2v) is 8.39. The molecule has 0 aliphatic carbocycles. The van der Waals surface area contributed by atoms with Crippen molar-refractivity contribution in [3.8, 4) is 0 Å². The van der Waals surface area contributed by atoms with Gasteiger partial charge in [-0.2, -0.15) is 0 Å². The van der Waals surface area contributed by atoms with Gasteiger partial charge in [0.1, 0.15) is 17.9 Å². The van der Waals surface area contributed by atoms with Gasteiger partial charge >= 0.3 is 0 Å². The van der Waals surface area contributed by atoms with E-state index in [0.717, 1.165) is 11.1 Å². The van der Waals surface area contributed by atoms with Crippen molar-refractivity contribution in [3.05, 3.63) is 29.3 Å². The number of carbonyl (C=O) groups excluding carboxylic acids is 4. The Bertz CT molecular complexity index is 932. The van der Waals surface area contributed by atoms with Gasteiger partial charge < -0.3 is 21.1 Å². The van der Waals surface area contributed by atoms with Crippen molar-refractivity contribution in [1.82, 2.24) is 4.90 Å². The van der Waals surface area contributed by atoms with Crippen molar-refractivity contribution in [3.63, 3.8) is 0 Å². The molecule has 0 bridgehead atoms. The summed E-state index contributed by atoms with van der Waals surface area (Å²) >= 11 is 0. The van der Waals surface area contributed by atoms with Crippen molar-refractivity contribution in [2.24, 2.45) is 17.6 Å². The van der Waals surface area contributed by atoms with Gasteiger partial charge in [0.2, 0.25) is 23.3 Å². The Morgan fingerprint density at radius 2 is 2.07 bits per heavy atom. The van der Waals surface area contributed by atoms with Crippen molar-refractivity contribution < 1.29 is 29.2 Å². The Kier molecular flexibility index (Phi) is 5.11. The van der Waals surface area contributed by atoms with Gasteiger partial charge in [-0.1, -0.05) is 11.6 Å². The smallest absolute Gasteiger partial charge is 0.291 e. The van der Waals surface area contributed by atoms with Crippen LogP contribution in [-0.4, -0.2) is 54.8 Å². The number of fused-ring (bicyclic) bond motifs is 4. The molecule has 3 aliphatic rings. The maximum absolute atomic E-state index is 13.4. The predicted octanol–water partition coefficient (Wildman–Crippen LogP) is -1.01. The zero-order valence-corrected chi connectivity index (χ0v) is 17.1. The Balaban J connectivity index is 1.77. The number of nitrogens with one attached hydrogen (secondary N) is 1. The summed E-state index contributed by atoms with van der Waals surface area (Å²) in [7, 11) is 1.56. The number of nitrogens with zero attached hydrogens (tertiary/aromatic N) is 1. The zero-order valence-electron chi connectivity index (χ0n) is 17.1. The third-order valence-corrected chi connectivity index (χ3v) is 6.57. The second-order valence-electron chi connectivity index (χ2n) is 8.39. The molecule has 5 N–H and O–H groups in total. The van der Waals surface area contributed by atoms with Crippen LogP contribution in [0.15, 0.2) is 18.2 Å². The lowest BCUT2D eigenvalue weighted by atomic mass is 9.76. The summed E-state index contributed by atoms with van der Waals surface area (Å²) in [4.78, 5) is 52.7. The molecule has 0 aromatic heterocycles. The van der Waals surface area contributed by atoms with Crippen LogP contribution in [0.4, 0.5) is 5.69 Å². The molecular formula is C21H27N4O5+. The number of hydrogen-bond donors (Lipinski definition) is 3. The summed E-state index contributed by atoms with van der Waals surface area (Å²) in [6, 6.07) is 5.24. The Morgan fingerprint density at radius 3 is 2.77 bits per heavy atom. The van der Waals surface area contributed by atoms with Gasteiger partial charge in [0.25, 0.3) is 5.91 Å². The molecule has 4 amide bonds. The summed E-state index contributed by atoms with van der Waals surface area (Å²) in [5.74, 6) is -2.85. The van der Waals surface area contributed by atoms with E-state index in [9.17, 15) is 19.2 Å². The highest BCUT2D eigenvalue weighted by atomic mass is 16.5. The molecule has 160 valence electrons. The molecule has 1 aromatic rings. The standard InChI is InChI=1S/C21H26N4O5/c1-11-4-5-13-12(10-11)21(20(29)23-13)17-16(14(24-21)6-7-15(22)26)18(27)25(19(17)28)8-3-9-30-2/h4-5,10,14,16-17,24H,3,6-9H2,1-2H3,(H2,22,26)(H,23,29)/p+1/t14-,16-,17+,21-/m1/s1. The predicted molar refractivity (Wildman–Crippen MR) is 106 cm³/mol. The van der Waals surface area contributed by atoms with E-state index in [0.29, 0.717) is 25.1 Å². The van der Waals surface area contributed by atoms with Gasteiger partial charge in [0, 0.05) is 38.7 Å². The maximum Gasteiger partial charge on any atom is 0.291 e. The molecule has 2 saturated heterocycles. The number of aryl methyl sites for hydroxylation is 1. The monoisotopic (exact) mass is 415 g/mol. The van der Waals surface area contributed by atoms with Crippen LogP contribution in [0.5, 0.6) is 0 Å². The maximum atomic E-state index is 13.4. The Hall–Kier alpha value is -2.78. The number of hydrogen-bond acceptors (Lipinski definition) is 5. The lowest BCUT2D eigenvalue weighted by molar-refractivity contribution is -0.734. The molecule has 0 radical (unpaired) electrons. The van der Waals surface area contributed by atoms with Gasteiger partial charge in [0.15, 0.2) is 0 Å². The van der Waals surface area contributed by atoms with Crippen LogP contribution in [0.3, 0.4) is 0 Å². The van der Waals surface area contributed by atoms with Gasteiger partial charge in [-0.3, -0.25) is 24.1 Å². The van der Waals surface area contributed by atoms with Crippen LogP contribution in [0.2, 0.25) is 0 Å². The SMILES string of the molecule is COCCCN1C(=O)[C@H]2[C@@H](C1=O)[C@@]1([NH2+][C@@H]2CCC(N)=O)C(=O)Nc2ccc(C)cc21. The first-order chi connectivity index (χ1) is 14.3. The van der Waals surface area contributed by atoms with Gasteiger partial charge in [-0.15, -0.1) is 0 Å². The van der Waals surface area contributed by atoms with E-state index < -0.39 is 23.3 Å². The number of carbonyl (C=O) groups is 4. The van der Waals surface area contributed by atoms with E-state index in [2.05, 4.69) is 5.32 Å². The molecule has 3 heterocycles. The third-order valence-electron chi connectivity index (χ3n) is 6.57. The van der Waals surface area contributed by atoms with Crippen LogP contribution in [0, 0.1) is 18.8 Å². The number of likely N-dealkylation sites (tertiary alicyclic amines) is 1. The number of benzene rings is 1. The minimum Gasteiger partial charge on any atom is -0.385 e. The van der Waals surface area contributed by atoms with Gasteiger partial charge in [-0.25, -0.2) is 0 Å². The number of anilines is 1. The van der Waals surface area contributed by atoms with Crippen LogP contribution in [0.25, 0.3) is 0 Å². The largest absolute Gasteiger partial charge is 0.385 e. The molecule has 4 atom stereocenters. The van der Waals surface area contributed by atoms with Gasteiger partial charge in [-0.05, 0) is 25.5 Å². The summed E-state index contributed by atoms with van der Waals surface area (Å²) in [6.07, 6.45) is 0.948. The number of ether oxygens (including phenoxy) is 1. The van der Waals surface area contributed by atoms with Gasteiger partial charge in [0.05, 0.1) is 5.69 Å². The fourth-order valence-electron chi connectivity index (χ4n) is 5.30. The fourth-order valence-corrected chi connectivity index (χ4v) is 5.30. The van der Waals surface area contributed by atoms with E-state index in [4.69, 9.17) is 10.5 Å². The Labute approximate surface area is 174 Å². The fraction of sp³-hybridized carbons (Fsp3) is 0.524. The summed E-state index contributed by atoms with van der Waals surface area (Å²) < 4.78 is 5.05. The number of imide groups is 1. The number of amides is 4. The van der Waals surface area contributed by atoms with E-state index >= 15 is 0 Å². The van der Waals surface area contributed by atoms with Crippen molar-refractivity contribution in [2.45, 2.75) is 37.8 Å². The number of quaternary nitrogens is 1. The summed E-state index contributed by atoms with van der Waals surface area (Å²) in [5, 5.41) is 4.72. The first kappa shape index (κ1) is 20.5. The molecule has 9 nitrogen and oxygen atoms in total. The van der Waals surface area contributed by atoms with Crippen LogP contribution in [-0.2, 0) is 29.5 Å². The molecule has 0 saturated carbocycles. The number of primary amides is 1. The van der Waals surface area contributed by atoms with E-state index in [-0.39, 0.29) is 36.7 Å². The Morgan fingerprint density at radius 1 is 1.30 bits per heavy atom. The van der Waals surface area contributed by atoms with E-state index in [1.807, 2.05) is 30.4 Å².